The average Bonchev–Trinajstić information content (AvgIpc) is 2.85. The van der Waals surface area contributed by atoms with Crippen LogP contribution in [0.15, 0.2) is 71.2 Å². The van der Waals surface area contributed by atoms with Gasteiger partial charge in [-0.1, -0.05) is 61.5 Å². The van der Waals surface area contributed by atoms with Crippen molar-refractivity contribution in [2.45, 2.75) is 20.4 Å². The molecule has 178 valence electrons. The molecule has 2 aromatic rings. The van der Waals surface area contributed by atoms with Crippen LogP contribution in [-0.2, 0) is 11.3 Å². The Labute approximate surface area is 203 Å². The lowest BCUT2D eigenvalue weighted by Gasteiger charge is -2.32. The molecule has 1 aliphatic heterocycles. The van der Waals surface area contributed by atoms with Gasteiger partial charge in [0.15, 0.2) is 0 Å². The van der Waals surface area contributed by atoms with Crippen molar-refractivity contribution in [3.63, 3.8) is 0 Å². The maximum atomic E-state index is 11.9. The van der Waals surface area contributed by atoms with Crippen LogP contribution in [0.4, 0.5) is 0 Å². The summed E-state index contributed by atoms with van der Waals surface area (Å²) in [4.78, 5) is 21.2. The van der Waals surface area contributed by atoms with Gasteiger partial charge in [0.05, 0.1) is 0 Å². The number of hydrogen-bond acceptors (Lipinski definition) is 4. The van der Waals surface area contributed by atoms with E-state index in [2.05, 4.69) is 76.4 Å². The van der Waals surface area contributed by atoms with Gasteiger partial charge in [-0.25, -0.2) is 4.79 Å². The number of benzene rings is 2. The van der Waals surface area contributed by atoms with Gasteiger partial charge in [-0.05, 0) is 53.8 Å². The highest BCUT2D eigenvalue weighted by Gasteiger charge is 2.27. The second-order valence-electron chi connectivity index (χ2n) is 9.35. The Morgan fingerprint density at radius 3 is 2.41 bits per heavy atom. The molecule has 0 aromatic heterocycles. The van der Waals surface area contributed by atoms with Crippen molar-refractivity contribution in [1.82, 2.24) is 9.80 Å². The maximum absolute atomic E-state index is 11.9. The zero-order chi connectivity index (χ0) is 24.1. The zero-order valence-electron chi connectivity index (χ0n) is 20.4. The van der Waals surface area contributed by atoms with Crippen LogP contribution in [0.3, 0.4) is 0 Å². The Bertz CT molecular complexity index is 1090. The van der Waals surface area contributed by atoms with Crippen LogP contribution in [0.2, 0.25) is 0 Å². The van der Waals surface area contributed by atoms with Crippen molar-refractivity contribution in [1.29, 1.82) is 0 Å². The number of hydrogen-bond donors (Lipinski definition) is 1. The van der Waals surface area contributed by atoms with Gasteiger partial charge in [0.1, 0.15) is 0 Å². The van der Waals surface area contributed by atoms with Crippen LogP contribution in [0, 0.1) is 11.8 Å². The van der Waals surface area contributed by atoms with Gasteiger partial charge in [0.2, 0.25) is 0 Å². The smallest absolute Gasteiger partial charge is 0.331 e. The van der Waals surface area contributed by atoms with Crippen molar-refractivity contribution in [3.8, 4) is 11.1 Å². The second-order valence-corrected chi connectivity index (χ2v) is 9.35. The van der Waals surface area contributed by atoms with Gasteiger partial charge in [-0.3, -0.25) is 9.89 Å². The van der Waals surface area contributed by atoms with Crippen molar-refractivity contribution in [2.75, 3.05) is 39.8 Å². The molecule has 2 unspecified atom stereocenters. The summed E-state index contributed by atoms with van der Waals surface area (Å²) >= 11 is 0. The molecule has 2 aliphatic rings. The molecule has 1 saturated heterocycles. The fourth-order valence-corrected chi connectivity index (χ4v) is 4.77. The third-order valence-corrected chi connectivity index (χ3v) is 6.99. The van der Waals surface area contributed by atoms with E-state index < -0.39 is 5.97 Å². The molecular formula is C29H35N3O2. The van der Waals surface area contributed by atoms with E-state index in [9.17, 15) is 9.90 Å². The maximum Gasteiger partial charge on any atom is 0.331 e. The molecule has 0 radical (unpaired) electrons. The Kier molecular flexibility index (Phi) is 7.76. The summed E-state index contributed by atoms with van der Waals surface area (Å²) in [6, 6.07) is 17.2. The number of piperazine rings is 1. The van der Waals surface area contributed by atoms with Crippen molar-refractivity contribution in [3.05, 3.63) is 77.4 Å². The van der Waals surface area contributed by atoms with Crippen LogP contribution < -0.4 is 0 Å². The number of carbonyl (C=O) groups is 1. The van der Waals surface area contributed by atoms with Gasteiger partial charge in [-0.2, -0.15) is 0 Å². The molecule has 0 saturated carbocycles. The molecule has 4 rings (SSSR count). The SMILES string of the molecule is CC/N=C\C1C=C(c2ccc(-c3ccccc3CN3CCN(C)CC3)cc2)C=C(C(=O)O)C1C. The van der Waals surface area contributed by atoms with E-state index in [1.165, 1.54) is 16.7 Å². The average molecular weight is 458 g/mol. The van der Waals surface area contributed by atoms with Gasteiger partial charge in [-0.15, -0.1) is 0 Å². The third-order valence-electron chi connectivity index (χ3n) is 6.99. The van der Waals surface area contributed by atoms with E-state index in [0.29, 0.717) is 12.1 Å². The minimum atomic E-state index is -0.859. The van der Waals surface area contributed by atoms with E-state index in [-0.39, 0.29) is 11.8 Å². The molecule has 1 heterocycles. The lowest BCUT2D eigenvalue weighted by Crippen LogP contribution is -2.43. The number of nitrogens with zero attached hydrogens (tertiary/aromatic N) is 3. The summed E-state index contributed by atoms with van der Waals surface area (Å²) in [5.74, 6) is -0.977. The first kappa shape index (κ1) is 24.1. The summed E-state index contributed by atoms with van der Waals surface area (Å²) < 4.78 is 0. The Morgan fingerprint density at radius 2 is 1.74 bits per heavy atom. The number of carboxylic acids is 1. The molecule has 2 atom stereocenters. The van der Waals surface area contributed by atoms with E-state index in [0.717, 1.165) is 43.9 Å². The molecule has 1 aliphatic carbocycles. The molecule has 1 fully saturated rings. The first-order valence-corrected chi connectivity index (χ1v) is 12.2. The third kappa shape index (κ3) is 5.54. The van der Waals surface area contributed by atoms with Gasteiger partial charge < -0.3 is 10.0 Å². The highest BCUT2D eigenvalue weighted by molar-refractivity contribution is 5.95. The highest BCUT2D eigenvalue weighted by Crippen LogP contribution is 2.34. The number of likely N-dealkylation sites (N-methyl/N-ethyl adjacent to an activating group) is 1. The quantitative estimate of drug-likeness (QED) is 0.604. The zero-order valence-corrected chi connectivity index (χ0v) is 20.4. The monoisotopic (exact) mass is 457 g/mol. The second kappa shape index (κ2) is 10.9. The van der Waals surface area contributed by atoms with E-state index >= 15 is 0 Å². The lowest BCUT2D eigenvalue weighted by molar-refractivity contribution is -0.133. The van der Waals surface area contributed by atoms with Crippen LogP contribution >= 0.6 is 0 Å². The predicted molar refractivity (Wildman–Crippen MR) is 140 cm³/mol. The van der Waals surface area contributed by atoms with Crippen LogP contribution in [0.1, 0.15) is 25.0 Å². The molecule has 34 heavy (non-hydrogen) atoms. The molecule has 0 amide bonds. The molecule has 0 spiro atoms. The highest BCUT2D eigenvalue weighted by atomic mass is 16.4. The summed E-state index contributed by atoms with van der Waals surface area (Å²) in [7, 11) is 2.18. The van der Waals surface area contributed by atoms with Crippen LogP contribution in [0.25, 0.3) is 16.7 Å². The largest absolute Gasteiger partial charge is 0.478 e. The lowest BCUT2D eigenvalue weighted by atomic mass is 9.80. The topological polar surface area (TPSA) is 56.1 Å². The standard InChI is InChI=1S/C29H35N3O2/c1-4-30-19-26-17-25(18-28(21(26)2)29(33)34)22-9-11-23(12-10-22)27-8-6-5-7-24(27)20-32-15-13-31(3)14-16-32/h5-12,17-19,21,26H,4,13-16,20H2,1-3H3,(H,33,34)/b30-19-. The molecular weight excluding hydrogens is 422 g/mol. The fraction of sp³-hybridized carbons (Fsp3) is 0.379. The van der Waals surface area contributed by atoms with Crippen LogP contribution in [0.5, 0.6) is 0 Å². The molecule has 5 heteroatoms. The molecule has 2 aromatic carbocycles. The minimum Gasteiger partial charge on any atom is -0.478 e. The van der Waals surface area contributed by atoms with Crippen molar-refractivity contribution in [2.24, 2.45) is 16.8 Å². The van der Waals surface area contributed by atoms with Gasteiger partial charge in [0.25, 0.3) is 0 Å². The first-order valence-electron chi connectivity index (χ1n) is 12.2. The van der Waals surface area contributed by atoms with Crippen molar-refractivity contribution >= 4 is 17.8 Å². The Balaban J connectivity index is 1.59. The number of allylic oxidation sites excluding steroid dienone is 3. The first-order chi connectivity index (χ1) is 16.5. The number of carboxylic acid groups (broad SMARTS) is 1. The minimum absolute atomic E-state index is 0.0185. The van der Waals surface area contributed by atoms with Gasteiger partial charge >= 0.3 is 5.97 Å². The van der Waals surface area contributed by atoms with Crippen LogP contribution in [-0.4, -0.2) is 66.9 Å². The summed E-state index contributed by atoms with van der Waals surface area (Å²) in [6.07, 6.45) is 5.86. The van der Waals surface area contributed by atoms with E-state index in [1.807, 2.05) is 26.1 Å². The summed E-state index contributed by atoms with van der Waals surface area (Å²) in [5, 5.41) is 9.74. The van der Waals surface area contributed by atoms with Crippen molar-refractivity contribution < 1.29 is 9.90 Å². The summed E-state index contributed by atoms with van der Waals surface area (Å²) in [6.45, 7) is 10.0. The fourth-order valence-electron chi connectivity index (χ4n) is 4.77. The molecule has 0 bridgehead atoms. The Hall–Kier alpha value is -3.02. The number of rotatable bonds is 7. The molecule has 5 nitrogen and oxygen atoms in total. The van der Waals surface area contributed by atoms with E-state index in [4.69, 9.17) is 0 Å². The molecule has 1 N–H and O–H groups in total. The Morgan fingerprint density at radius 1 is 1.06 bits per heavy atom. The summed E-state index contributed by atoms with van der Waals surface area (Å²) in [5.41, 5.74) is 6.20. The van der Waals surface area contributed by atoms with Gasteiger partial charge in [0, 0.05) is 57.0 Å². The number of aliphatic carboxylic acids is 1. The predicted octanol–water partition coefficient (Wildman–Crippen LogP) is 4.85. The normalized spacial score (nSPS) is 22.0. The van der Waals surface area contributed by atoms with E-state index in [1.54, 1.807) is 0 Å². The number of aliphatic imine (C=N–C) groups is 1.